The summed E-state index contributed by atoms with van der Waals surface area (Å²) in [5, 5.41) is 12.4. The molecule has 0 saturated carbocycles. The Morgan fingerprint density at radius 2 is 1.89 bits per heavy atom. The Bertz CT molecular complexity index is 1280. The van der Waals surface area contributed by atoms with Gasteiger partial charge >= 0.3 is 16.2 Å². The fourth-order valence-corrected chi connectivity index (χ4v) is 4.34. The minimum absolute atomic E-state index is 0.00926. The van der Waals surface area contributed by atoms with Crippen molar-refractivity contribution in [3.05, 3.63) is 54.1 Å². The zero-order chi connectivity index (χ0) is 27.9. The van der Waals surface area contributed by atoms with Crippen LogP contribution in [-0.4, -0.2) is 69.0 Å². The third-order valence-electron chi connectivity index (χ3n) is 5.53. The summed E-state index contributed by atoms with van der Waals surface area (Å²) in [6.45, 7) is 5.90. The maximum atomic E-state index is 13.0. The second kappa shape index (κ2) is 12.3. The topological polar surface area (TPSA) is 135 Å². The van der Waals surface area contributed by atoms with Crippen molar-refractivity contribution in [3.8, 4) is 22.9 Å². The van der Waals surface area contributed by atoms with E-state index in [0.717, 1.165) is 17.4 Å². The first-order valence-electron chi connectivity index (χ1n) is 12.2. The Labute approximate surface area is 223 Å². The van der Waals surface area contributed by atoms with E-state index in [0.29, 0.717) is 18.5 Å². The normalized spacial score (nSPS) is 17.0. The molecule has 2 atom stereocenters. The molecule has 11 heteroatoms. The van der Waals surface area contributed by atoms with Crippen LogP contribution in [0.5, 0.6) is 5.75 Å². The van der Waals surface area contributed by atoms with Crippen molar-refractivity contribution in [1.82, 2.24) is 10.2 Å². The third-order valence-corrected chi connectivity index (χ3v) is 6.02. The minimum Gasteiger partial charge on any atom is -0.444 e. The van der Waals surface area contributed by atoms with Crippen molar-refractivity contribution < 1.29 is 31.7 Å². The fourth-order valence-electron chi connectivity index (χ4n) is 3.86. The van der Waals surface area contributed by atoms with E-state index in [9.17, 15) is 23.3 Å². The lowest BCUT2D eigenvalue weighted by molar-refractivity contribution is -0.133. The molecular formula is C27H33N3O7S. The highest BCUT2D eigenvalue weighted by Gasteiger charge is 2.31. The Morgan fingerprint density at radius 1 is 1.18 bits per heavy atom. The minimum atomic E-state index is -3.85. The van der Waals surface area contributed by atoms with Gasteiger partial charge in [0.05, 0.1) is 18.9 Å². The Morgan fingerprint density at radius 3 is 2.53 bits per heavy atom. The lowest BCUT2D eigenvalue weighted by atomic mass is 9.99. The molecule has 1 aliphatic heterocycles. The summed E-state index contributed by atoms with van der Waals surface area (Å²) >= 11 is 0. The third kappa shape index (κ3) is 8.75. The van der Waals surface area contributed by atoms with E-state index in [4.69, 9.17) is 13.7 Å². The largest absolute Gasteiger partial charge is 0.444 e. The highest BCUT2D eigenvalue weighted by Crippen LogP contribution is 2.29. The smallest absolute Gasteiger partial charge is 0.410 e. The van der Waals surface area contributed by atoms with Crippen LogP contribution >= 0.6 is 0 Å². The van der Waals surface area contributed by atoms with E-state index < -0.39 is 39.9 Å². The average Bonchev–Trinajstić information content (AvgIpc) is 3.10. The van der Waals surface area contributed by atoms with Crippen molar-refractivity contribution in [2.75, 3.05) is 26.0 Å². The molecule has 1 saturated heterocycles. The SMILES string of the molecule is CC(C)(C)OC(=O)N1CCCO[C@H](C(=O)N[C@H](C#N)Cc2ccc(-c3ccccc3)cc2OS(C)(=O)=O)C1. The zero-order valence-corrected chi connectivity index (χ0v) is 22.8. The van der Waals surface area contributed by atoms with E-state index >= 15 is 0 Å². The first kappa shape index (κ1) is 28.9. The molecule has 1 N–H and O–H groups in total. The van der Waals surface area contributed by atoms with Gasteiger partial charge in [-0.3, -0.25) is 4.79 Å². The first-order valence-corrected chi connectivity index (χ1v) is 14.0. The molecule has 0 unspecified atom stereocenters. The van der Waals surface area contributed by atoms with Crippen molar-refractivity contribution in [3.63, 3.8) is 0 Å². The molecule has 204 valence electrons. The van der Waals surface area contributed by atoms with Gasteiger partial charge in [0.2, 0.25) is 0 Å². The molecule has 1 heterocycles. The van der Waals surface area contributed by atoms with Crippen molar-refractivity contribution >= 4 is 22.1 Å². The van der Waals surface area contributed by atoms with Gasteiger partial charge in [-0.15, -0.1) is 0 Å². The standard InChI is InChI=1S/C27H33N3O7S/c1-27(2,3)36-26(32)30-13-8-14-35-24(18-30)25(31)29-22(17-28)15-21-12-11-20(19-9-6-5-7-10-19)16-23(21)37-38(4,33)34/h5-7,9-12,16,22,24H,8,13-15,18H2,1-4H3,(H,29,31)/t22-,24-/m0/s1. The molecule has 0 radical (unpaired) electrons. The summed E-state index contributed by atoms with van der Waals surface area (Å²) in [4.78, 5) is 27.0. The summed E-state index contributed by atoms with van der Waals surface area (Å²) in [6, 6.07) is 15.4. The van der Waals surface area contributed by atoms with Gasteiger partial charge in [0.15, 0.2) is 6.10 Å². The van der Waals surface area contributed by atoms with Gasteiger partial charge in [0.1, 0.15) is 17.4 Å². The molecule has 0 bridgehead atoms. The summed E-state index contributed by atoms with van der Waals surface area (Å²) in [5.74, 6) is -0.483. The number of nitriles is 1. The number of amides is 2. The molecule has 2 aromatic rings. The lowest BCUT2D eigenvalue weighted by Crippen LogP contribution is -2.48. The quantitative estimate of drug-likeness (QED) is 0.526. The maximum absolute atomic E-state index is 13.0. The van der Waals surface area contributed by atoms with Gasteiger partial charge in [-0.25, -0.2) is 4.79 Å². The van der Waals surface area contributed by atoms with Crippen LogP contribution in [0.25, 0.3) is 11.1 Å². The highest BCUT2D eigenvalue weighted by atomic mass is 32.2. The number of benzene rings is 2. The van der Waals surface area contributed by atoms with Crippen LogP contribution in [0.3, 0.4) is 0 Å². The second-order valence-corrected chi connectivity index (χ2v) is 11.6. The Kier molecular flexibility index (Phi) is 9.36. The summed E-state index contributed by atoms with van der Waals surface area (Å²) in [5.41, 5.74) is 1.34. The monoisotopic (exact) mass is 543 g/mol. The predicted molar refractivity (Wildman–Crippen MR) is 141 cm³/mol. The molecular weight excluding hydrogens is 510 g/mol. The van der Waals surface area contributed by atoms with E-state index in [1.807, 2.05) is 36.4 Å². The number of nitrogens with zero attached hydrogens (tertiary/aromatic N) is 2. The Balaban J connectivity index is 1.75. The van der Waals surface area contributed by atoms with E-state index in [1.165, 1.54) is 4.90 Å². The molecule has 3 rings (SSSR count). The number of ether oxygens (including phenoxy) is 2. The van der Waals surface area contributed by atoms with Gasteiger partial charge in [-0.1, -0.05) is 42.5 Å². The predicted octanol–water partition coefficient (Wildman–Crippen LogP) is 3.27. The van der Waals surface area contributed by atoms with E-state index in [1.54, 1.807) is 39.0 Å². The summed E-state index contributed by atoms with van der Waals surface area (Å²) < 4.78 is 40.2. The van der Waals surface area contributed by atoms with Crippen LogP contribution in [0.1, 0.15) is 32.8 Å². The number of carbonyl (C=O) groups is 2. The van der Waals surface area contributed by atoms with Gasteiger partial charge in [0.25, 0.3) is 5.91 Å². The van der Waals surface area contributed by atoms with Crippen LogP contribution in [0, 0.1) is 11.3 Å². The van der Waals surface area contributed by atoms with Crippen molar-refractivity contribution in [1.29, 1.82) is 5.26 Å². The molecule has 0 spiro atoms. The van der Waals surface area contributed by atoms with Crippen LogP contribution in [0.15, 0.2) is 48.5 Å². The van der Waals surface area contributed by atoms with Crippen LogP contribution in [0.2, 0.25) is 0 Å². The number of rotatable bonds is 7. The maximum Gasteiger partial charge on any atom is 0.410 e. The molecule has 2 amide bonds. The van der Waals surface area contributed by atoms with Crippen LogP contribution < -0.4 is 9.50 Å². The van der Waals surface area contributed by atoms with E-state index in [2.05, 4.69) is 5.32 Å². The summed E-state index contributed by atoms with van der Waals surface area (Å²) in [7, 11) is -3.85. The number of nitrogens with one attached hydrogen (secondary N) is 1. The van der Waals surface area contributed by atoms with Crippen LogP contribution in [-0.2, 0) is 30.8 Å². The van der Waals surface area contributed by atoms with Gasteiger partial charge < -0.3 is 23.9 Å². The molecule has 38 heavy (non-hydrogen) atoms. The zero-order valence-electron chi connectivity index (χ0n) is 22.0. The second-order valence-electron chi connectivity index (χ2n) is 10.0. The molecule has 2 aromatic carbocycles. The molecule has 0 aromatic heterocycles. The first-order chi connectivity index (χ1) is 17.8. The number of carbonyl (C=O) groups excluding carboxylic acids is 2. The van der Waals surface area contributed by atoms with Gasteiger partial charge in [-0.05, 0) is 49.9 Å². The molecule has 0 aliphatic carbocycles. The Hall–Kier alpha value is -3.62. The van der Waals surface area contributed by atoms with Gasteiger partial charge in [0, 0.05) is 19.6 Å². The van der Waals surface area contributed by atoms with E-state index in [-0.39, 0.29) is 25.3 Å². The van der Waals surface area contributed by atoms with Crippen LogP contribution in [0.4, 0.5) is 4.79 Å². The fraction of sp³-hybridized carbons (Fsp3) is 0.444. The average molecular weight is 544 g/mol. The molecule has 1 aliphatic rings. The lowest BCUT2D eigenvalue weighted by Gasteiger charge is -2.27. The highest BCUT2D eigenvalue weighted by molar-refractivity contribution is 7.86. The van der Waals surface area contributed by atoms with Crippen molar-refractivity contribution in [2.24, 2.45) is 0 Å². The summed E-state index contributed by atoms with van der Waals surface area (Å²) in [6.07, 6.45) is -0.0724. The van der Waals surface area contributed by atoms with Crippen molar-refractivity contribution in [2.45, 2.75) is 51.4 Å². The molecule has 10 nitrogen and oxygen atoms in total. The number of hydrogen-bond acceptors (Lipinski definition) is 8. The molecule has 1 fully saturated rings. The van der Waals surface area contributed by atoms with Gasteiger partial charge in [-0.2, -0.15) is 13.7 Å². The number of hydrogen-bond donors (Lipinski definition) is 1.